The van der Waals surface area contributed by atoms with Crippen molar-refractivity contribution in [2.45, 2.75) is 62.2 Å². The van der Waals surface area contributed by atoms with E-state index in [2.05, 4.69) is 0 Å². The molecule has 6 N–H and O–H groups in total. The Morgan fingerprint density at radius 3 is 1.70 bits per heavy atom. The van der Waals surface area contributed by atoms with Crippen LogP contribution in [0.2, 0.25) is 0 Å². The van der Waals surface area contributed by atoms with Crippen LogP contribution in [0.25, 0.3) is 0 Å². The van der Waals surface area contributed by atoms with Crippen LogP contribution in [0.1, 0.15) is 13.3 Å². The Kier molecular flexibility index (Phi) is 8.94. The summed E-state index contributed by atoms with van der Waals surface area (Å²) >= 11 is 0. The molecule has 0 aliphatic carbocycles. The lowest BCUT2D eigenvalue weighted by Gasteiger charge is -2.42. The average molecular weight is 438 g/mol. The summed E-state index contributed by atoms with van der Waals surface area (Å²) in [5.41, 5.74) is 0. The molecule has 5 unspecified atom stereocenters. The molecule has 0 bridgehead atoms. The van der Waals surface area contributed by atoms with Crippen molar-refractivity contribution in [2.24, 2.45) is 11.8 Å². The molecule has 12 nitrogen and oxygen atoms in total. The van der Waals surface area contributed by atoms with Gasteiger partial charge < -0.3 is 49.6 Å². The van der Waals surface area contributed by atoms with Gasteiger partial charge in [-0.1, -0.05) is 6.92 Å². The fourth-order valence-electron chi connectivity index (χ4n) is 3.93. The lowest BCUT2D eigenvalue weighted by atomic mass is 9.85. The maximum atomic E-state index is 11.5. The molecule has 30 heavy (non-hydrogen) atoms. The van der Waals surface area contributed by atoms with Crippen LogP contribution >= 0.6 is 0 Å². The zero-order chi connectivity index (χ0) is 22.6. The number of carboxylic acids is 2. The van der Waals surface area contributed by atoms with Crippen LogP contribution in [0.4, 0.5) is 0 Å². The second-order valence-corrected chi connectivity index (χ2v) is 7.56. The highest BCUT2D eigenvalue weighted by Gasteiger charge is 2.49. The summed E-state index contributed by atoms with van der Waals surface area (Å²) in [6.07, 6.45) is -10.4. The first kappa shape index (κ1) is 24.9. The second kappa shape index (κ2) is 10.8. The average Bonchev–Trinajstić information content (AvgIpc) is 2.69. The number of ether oxygens (including phenoxy) is 4. The van der Waals surface area contributed by atoms with E-state index in [1.54, 1.807) is 6.92 Å². The normalized spacial score (nSPS) is 42.1. The van der Waals surface area contributed by atoms with Gasteiger partial charge >= 0.3 is 11.9 Å². The van der Waals surface area contributed by atoms with Crippen molar-refractivity contribution in [1.29, 1.82) is 0 Å². The molecule has 0 aromatic rings. The number of carbonyl (C=O) groups is 2. The molecular weight excluding hydrogens is 408 g/mol. The maximum absolute atomic E-state index is 11.5. The van der Waals surface area contributed by atoms with Gasteiger partial charge in [0.25, 0.3) is 0 Å². The summed E-state index contributed by atoms with van der Waals surface area (Å²) in [7, 11) is 1.34. The number of aliphatic hydroxyl groups is 4. The third-order valence-electron chi connectivity index (χ3n) is 5.64. The zero-order valence-electron chi connectivity index (χ0n) is 16.7. The van der Waals surface area contributed by atoms with Crippen LogP contribution in [-0.4, -0.2) is 118 Å². The number of aliphatic hydroxyl groups excluding tert-OH is 4. The summed E-state index contributed by atoms with van der Waals surface area (Å²) in [6.45, 7) is 0.790. The Morgan fingerprint density at radius 1 is 0.767 bits per heavy atom. The van der Waals surface area contributed by atoms with E-state index in [1.165, 1.54) is 7.11 Å². The molecule has 0 saturated carbocycles. The van der Waals surface area contributed by atoms with Crippen molar-refractivity contribution in [1.82, 2.24) is 0 Å². The first-order valence-electron chi connectivity index (χ1n) is 9.69. The maximum Gasteiger partial charge on any atom is 0.333 e. The lowest BCUT2D eigenvalue weighted by molar-refractivity contribution is -0.236. The van der Waals surface area contributed by atoms with Crippen LogP contribution in [0.3, 0.4) is 0 Å². The molecule has 0 aromatic carbocycles. The molecular formula is C18H30O12. The number of hydrogen-bond acceptors (Lipinski definition) is 10. The summed E-state index contributed by atoms with van der Waals surface area (Å²) in [6, 6.07) is 0. The Labute approximate surface area is 172 Å². The smallest absolute Gasteiger partial charge is 0.333 e. The molecule has 2 heterocycles. The van der Waals surface area contributed by atoms with Gasteiger partial charge in [0.05, 0.1) is 32.0 Å². The molecule has 12 heteroatoms. The Bertz CT molecular complexity index is 586. The Morgan fingerprint density at radius 2 is 1.23 bits per heavy atom. The highest BCUT2D eigenvalue weighted by molar-refractivity contribution is 5.73. The van der Waals surface area contributed by atoms with E-state index in [1.807, 2.05) is 0 Å². The van der Waals surface area contributed by atoms with E-state index in [9.17, 15) is 40.2 Å². The van der Waals surface area contributed by atoms with Gasteiger partial charge in [-0.25, -0.2) is 9.59 Å². The number of aliphatic carboxylic acids is 2. The van der Waals surface area contributed by atoms with Gasteiger partial charge in [0, 0.05) is 18.9 Å². The fourth-order valence-corrected chi connectivity index (χ4v) is 3.93. The molecule has 0 radical (unpaired) electrons. The largest absolute Gasteiger partial charge is 0.479 e. The van der Waals surface area contributed by atoms with Gasteiger partial charge in [-0.15, -0.1) is 0 Å². The van der Waals surface area contributed by atoms with E-state index in [4.69, 9.17) is 18.9 Å². The summed E-state index contributed by atoms with van der Waals surface area (Å²) < 4.78 is 21.0. The van der Waals surface area contributed by atoms with Gasteiger partial charge in [-0.2, -0.15) is 0 Å². The van der Waals surface area contributed by atoms with Gasteiger partial charge in [-0.05, 0) is 6.42 Å². The highest BCUT2D eigenvalue weighted by Crippen LogP contribution is 2.30. The monoisotopic (exact) mass is 438 g/mol. The molecule has 0 spiro atoms. The molecule has 0 aromatic heterocycles. The first-order chi connectivity index (χ1) is 14.1. The number of carboxylic acid groups (broad SMARTS) is 2. The minimum atomic E-state index is -1.49. The van der Waals surface area contributed by atoms with Crippen molar-refractivity contribution in [3.8, 4) is 0 Å². The second-order valence-electron chi connectivity index (χ2n) is 7.56. The predicted octanol–water partition coefficient (Wildman–Crippen LogP) is -2.56. The van der Waals surface area contributed by atoms with Crippen LogP contribution in [0.5, 0.6) is 0 Å². The van der Waals surface area contributed by atoms with E-state index in [0.717, 1.165) is 0 Å². The van der Waals surface area contributed by atoms with E-state index >= 15 is 0 Å². The SMILES string of the molecule is CC[C@@H]1C(C(=O)O)O[C@@H](COC[C@@H]2C(C(=O)O)O[C@@H](COC)C(O)C2O)C(O)[C@@H]1O. The topological polar surface area (TPSA) is 192 Å². The van der Waals surface area contributed by atoms with Gasteiger partial charge in [0.15, 0.2) is 12.2 Å². The molecule has 2 rings (SSSR count). The molecule has 2 fully saturated rings. The Hall–Kier alpha value is -1.38. The first-order valence-corrected chi connectivity index (χ1v) is 9.69. The molecule has 174 valence electrons. The number of methoxy groups -OCH3 is 1. The number of hydrogen-bond donors (Lipinski definition) is 6. The van der Waals surface area contributed by atoms with E-state index in [-0.39, 0.29) is 26.2 Å². The van der Waals surface area contributed by atoms with Gasteiger partial charge in [0.2, 0.25) is 0 Å². The highest BCUT2D eigenvalue weighted by atomic mass is 16.6. The fraction of sp³-hybridized carbons (Fsp3) is 0.889. The summed E-state index contributed by atoms with van der Waals surface area (Å²) in [5, 5.41) is 59.6. The summed E-state index contributed by atoms with van der Waals surface area (Å²) in [5.74, 6) is -4.59. The molecule has 2 saturated heterocycles. The Balaban J connectivity index is 2.01. The van der Waals surface area contributed by atoms with E-state index in [0.29, 0.717) is 0 Å². The van der Waals surface area contributed by atoms with Crippen LogP contribution < -0.4 is 0 Å². The van der Waals surface area contributed by atoms with Crippen LogP contribution in [-0.2, 0) is 28.5 Å². The summed E-state index contributed by atoms with van der Waals surface area (Å²) in [4.78, 5) is 22.9. The van der Waals surface area contributed by atoms with Crippen molar-refractivity contribution >= 4 is 11.9 Å². The van der Waals surface area contributed by atoms with Crippen molar-refractivity contribution in [2.75, 3.05) is 26.9 Å². The minimum Gasteiger partial charge on any atom is -0.479 e. The standard InChI is InChI=1S/C18H30O12/c1-3-7-11(19)14(22)10(30-15(7)17(23)24)6-28-4-8-12(20)13(21)9(5-27-2)29-16(8)18(25)26/h7-16,19-22H,3-6H2,1-2H3,(H,23,24)(H,25,26)/t7-,8-,9-,10-,11+,12?,13?,14?,15?,16?/m0/s1. The van der Waals surface area contributed by atoms with Crippen LogP contribution in [0, 0.1) is 11.8 Å². The number of rotatable bonds is 9. The van der Waals surface area contributed by atoms with Crippen molar-refractivity contribution < 1.29 is 59.2 Å². The van der Waals surface area contributed by atoms with Crippen molar-refractivity contribution in [3.05, 3.63) is 0 Å². The van der Waals surface area contributed by atoms with Crippen molar-refractivity contribution in [3.63, 3.8) is 0 Å². The van der Waals surface area contributed by atoms with Crippen LogP contribution in [0.15, 0.2) is 0 Å². The molecule has 0 amide bonds. The third-order valence-corrected chi connectivity index (χ3v) is 5.64. The lowest BCUT2D eigenvalue weighted by Crippen LogP contribution is -2.60. The quantitative estimate of drug-likeness (QED) is 0.221. The minimum absolute atomic E-state index is 0.120. The van der Waals surface area contributed by atoms with Gasteiger partial charge in [0.1, 0.15) is 24.4 Å². The van der Waals surface area contributed by atoms with E-state index < -0.39 is 72.6 Å². The molecule has 2 aliphatic rings. The zero-order valence-corrected chi connectivity index (χ0v) is 16.7. The van der Waals surface area contributed by atoms with Gasteiger partial charge in [-0.3, -0.25) is 0 Å². The predicted molar refractivity (Wildman–Crippen MR) is 96.6 cm³/mol. The third kappa shape index (κ3) is 5.26. The molecule has 10 atom stereocenters. The molecule has 2 aliphatic heterocycles.